The molecule has 8 nitrogen and oxygen atoms in total. The van der Waals surface area contributed by atoms with Crippen molar-refractivity contribution in [2.45, 2.75) is 83.3 Å². The van der Waals surface area contributed by atoms with Gasteiger partial charge in [-0.3, -0.25) is 9.59 Å². The SMILES string of the molecule is C[C@H]1[C@H](O[13C](=O)[13CH2][13CH2][13C](=O)O)O[C@@H]2OC3(C)CC[C@H]4[C@H](C)CC[C@@H]1[C@@]24OO3. The Labute approximate surface area is 158 Å². The van der Waals surface area contributed by atoms with Gasteiger partial charge in [0.1, 0.15) is 0 Å². The molecule has 0 aromatic heterocycles. The number of carboxylic acid groups (broad SMARTS) is 1. The average molecular weight is 388 g/mol. The molecule has 8 atom stereocenters. The van der Waals surface area contributed by atoms with Gasteiger partial charge in [0, 0.05) is 18.3 Å². The Bertz CT molecular complexity index is 623. The van der Waals surface area contributed by atoms with E-state index in [1.54, 1.807) is 0 Å². The van der Waals surface area contributed by atoms with Crippen LogP contribution in [0.5, 0.6) is 0 Å². The van der Waals surface area contributed by atoms with Gasteiger partial charge in [0.25, 0.3) is 0 Å². The molecule has 4 heterocycles. The van der Waals surface area contributed by atoms with Crippen LogP contribution in [0.4, 0.5) is 0 Å². The van der Waals surface area contributed by atoms with Gasteiger partial charge < -0.3 is 19.3 Å². The Hall–Kier alpha value is -1.22. The lowest BCUT2D eigenvalue weighted by Gasteiger charge is -2.59. The van der Waals surface area contributed by atoms with E-state index >= 15 is 0 Å². The highest BCUT2D eigenvalue weighted by atomic mass is 17.3. The first kappa shape index (κ1) is 19.1. The molecule has 1 saturated carbocycles. The monoisotopic (exact) mass is 388 g/mol. The van der Waals surface area contributed by atoms with Crippen LogP contribution in [0, 0.1) is 23.7 Å². The Morgan fingerprint density at radius 3 is 2.63 bits per heavy atom. The number of ether oxygens (including phenoxy) is 3. The fourth-order valence-electron chi connectivity index (χ4n) is 5.40. The lowest BCUT2D eigenvalue weighted by Crippen LogP contribution is -2.70. The van der Waals surface area contributed by atoms with Gasteiger partial charge in [0.15, 0.2) is 11.9 Å². The minimum atomic E-state index is -1.03. The minimum absolute atomic E-state index is 0.0670. The van der Waals surface area contributed by atoms with Crippen molar-refractivity contribution in [2.75, 3.05) is 0 Å². The summed E-state index contributed by atoms with van der Waals surface area (Å²) in [5, 5.41) is 8.76. The van der Waals surface area contributed by atoms with Gasteiger partial charge in [-0.1, -0.05) is 13.8 Å². The first-order valence-electron chi connectivity index (χ1n) is 9.86. The third-order valence-electron chi connectivity index (χ3n) is 6.89. The minimum Gasteiger partial charge on any atom is -0.481 e. The maximum atomic E-state index is 12.1. The molecule has 27 heavy (non-hydrogen) atoms. The van der Waals surface area contributed by atoms with Crippen molar-refractivity contribution < 1.29 is 38.7 Å². The van der Waals surface area contributed by atoms with Crippen LogP contribution in [0.2, 0.25) is 0 Å². The Kier molecular flexibility index (Phi) is 4.73. The number of hydrogen-bond acceptors (Lipinski definition) is 7. The number of carbonyl (C=O) groups is 2. The summed E-state index contributed by atoms with van der Waals surface area (Å²) in [7, 11) is 0. The molecule has 1 aliphatic carbocycles. The standard InChI is InChI=1S/C19H28O8/c1-10-4-5-13-11(2)16(23-15(22)7-6-14(20)21)24-17-19(13)12(10)8-9-18(3,25-17)26-27-19/h10-13,16-17H,4-9H2,1-3H3,(H,20,21)/t10-,11-,12+,13+,16-,17-,18?,19-/m1/s1/i6+1,7+1,14+1,15+1. The van der Waals surface area contributed by atoms with Crippen LogP contribution in [0.15, 0.2) is 0 Å². The topological polar surface area (TPSA) is 101 Å². The summed E-state index contributed by atoms with van der Waals surface area (Å²) in [6, 6.07) is 0. The van der Waals surface area contributed by atoms with Crippen molar-refractivity contribution in [3.63, 3.8) is 0 Å². The van der Waals surface area contributed by atoms with E-state index in [0.717, 1.165) is 19.3 Å². The van der Waals surface area contributed by atoms with Gasteiger partial charge >= 0.3 is 11.9 Å². The van der Waals surface area contributed by atoms with Crippen molar-refractivity contribution in [1.82, 2.24) is 0 Å². The van der Waals surface area contributed by atoms with Crippen LogP contribution in [0.25, 0.3) is 0 Å². The third-order valence-corrected chi connectivity index (χ3v) is 6.89. The molecule has 1 N–H and O–H groups in total. The summed E-state index contributed by atoms with van der Waals surface area (Å²) in [6.45, 7) is 6.06. The smallest absolute Gasteiger partial charge is 0.308 e. The second-order valence-electron chi connectivity index (χ2n) is 8.66. The summed E-state index contributed by atoms with van der Waals surface area (Å²) in [5.41, 5.74) is -0.697. The van der Waals surface area contributed by atoms with Crippen LogP contribution in [0.3, 0.4) is 0 Å². The van der Waals surface area contributed by atoms with Crippen molar-refractivity contribution in [2.24, 2.45) is 23.7 Å². The number of aliphatic carboxylic acids is 1. The zero-order chi connectivity index (χ0) is 19.4. The molecule has 5 aliphatic rings. The summed E-state index contributed by atoms with van der Waals surface area (Å²) in [4.78, 5) is 34.5. The number of esters is 1. The lowest BCUT2D eigenvalue weighted by molar-refractivity contribution is -0.576. The highest BCUT2D eigenvalue weighted by molar-refractivity contribution is 5.76. The van der Waals surface area contributed by atoms with Crippen LogP contribution in [0.1, 0.15) is 59.3 Å². The molecule has 0 aromatic rings. The van der Waals surface area contributed by atoms with Crippen LogP contribution < -0.4 is 0 Å². The quantitative estimate of drug-likeness (QED) is 0.446. The molecule has 0 amide bonds. The second kappa shape index (κ2) is 6.69. The highest BCUT2D eigenvalue weighted by Gasteiger charge is 2.69. The maximum Gasteiger partial charge on any atom is 0.308 e. The molecule has 0 aromatic carbocycles. The van der Waals surface area contributed by atoms with E-state index in [1.165, 1.54) is 0 Å². The number of rotatable bonds is 4. The number of fused-ring (bicyclic) bond motifs is 2. The lowest BCUT2D eigenvalue weighted by atomic mass is 9.58. The largest absolute Gasteiger partial charge is 0.481 e. The molecule has 4 aliphatic heterocycles. The van der Waals surface area contributed by atoms with Crippen molar-refractivity contribution in [1.29, 1.82) is 0 Å². The summed E-state index contributed by atoms with van der Waals surface area (Å²) in [6.07, 6.45) is 1.72. The van der Waals surface area contributed by atoms with Crippen LogP contribution >= 0.6 is 0 Å². The van der Waals surface area contributed by atoms with Gasteiger partial charge in [-0.25, -0.2) is 9.78 Å². The van der Waals surface area contributed by atoms with Crippen LogP contribution in [-0.2, 0) is 33.6 Å². The third kappa shape index (κ3) is 3.06. The van der Waals surface area contributed by atoms with E-state index in [4.69, 9.17) is 29.1 Å². The van der Waals surface area contributed by atoms with E-state index in [9.17, 15) is 9.59 Å². The zero-order valence-corrected chi connectivity index (χ0v) is 16.0. The fourth-order valence-corrected chi connectivity index (χ4v) is 5.40. The Morgan fingerprint density at radius 2 is 1.89 bits per heavy atom. The van der Waals surface area contributed by atoms with Gasteiger partial charge in [-0.05, 0) is 38.0 Å². The molecule has 1 spiro atoms. The average Bonchev–Trinajstić information content (AvgIpc) is 2.84. The van der Waals surface area contributed by atoms with Gasteiger partial charge in [0.05, 0.1) is 12.8 Å². The Balaban J connectivity index is 1.58. The van der Waals surface area contributed by atoms with Crippen LogP contribution in [-0.4, -0.2) is 41.0 Å². The summed E-state index contributed by atoms with van der Waals surface area (Å²) in [5.74, 6) is -1.82. The molecule has 0 radical (unpaired) electrons. The zero-order valence-electron chi connectivity index (χ0n) is 16.0. The fraction of sp³-hybridized carbons (Fsp3) is 0.895. The summed E-state index contributed by atoms with van der Waals surface area (Å²) >= 11 is 0. The number of hydrogen-bond donors (Lipinski definition) is 1. The molecule has 5 rings (SSSR count). The van der Waals surface area contributed by atoms with Crippen molar-refractivity contribution in [3.05, 3.63) is 0 Å². The predicted molar refractivity (Wildman–Crippen MR) is 89.8 cm³/mol. The molecule has 152 valence electrons. The second-order valence-corrected chi connectivity index (χ2v) is 8.66. The Morgan fingerprint density at radius 1 is 1.11 bits per heavy atom. The first-order valence-corrected chi connectivity index (χ1v) is 9.86. The number of carbonyl (C=O) groups excluding carboxylic acids is 1. The molecule has 8 heteroatoms. The van der Waals surface area contributed by atoms with Gasteiger partial charge in [-0.2, -0.15) is 0 Å². The molecule has 5 fully saturated rings. The van der Waals surface area contributed by atoms with E-state index in [1.807, 2.05) is 13.8 Å². The summed E-state index contributed by atoms with van der Waals surface area (Å²) < 4.78 is 17.8. The van der Waals surface area contributed by atoms with E-state index in [2.05, 4.69) is 6.92 Å². The molecular weight excluding hydrogens is 360 g/mol. The van der Waals surface area contributed by atoms with Crippen molar-refractivity contribution >= 4 is 11.9 Å². The predicted octanol–water partition coefficient (Wildman–Crippen LogP) is 2.60. The molecular formula is C19H28O8. The van der Waals surface area contributed by atoms with E-state index in [0.29, 0.717) is 12.3 Å². The van der Waals surface area contributed by atoms with E-state index < -0.39 is 35.9 Å². The molecule has 4 saturated heterocycles. The van der Waals surface area contributed by atoms with Gasteiger partial charge in [-0.15, -0.1) is 0 Å². The molecule has 1 unspecified atom stereocenters. The van der Waals surface area contributed by atoms with Gasteiger partial charge in [0.2, 0.25) is 12.1 Å². The number of carboxylic acids is 1. The highest BCUT2D eigenvalue weighted by Crippen LogP contribution is 2.60. The molecule has 2 bridgehead atoms. The maximum absolute atomic E-state index is 12.1. The van der Waals surface area contributed by atoms with Crippen molar-refractivity contribution in [3.8, 4) is 0 Å². The normalized spacial score (nSPS) is 48.4. The van der Waals surface area contributed by atoms with E-state index in [-0.39, 0.29) is 30.6 Å². The first-order chi connectivity index (χ1) is 12.7.